The van der Waals surface area contributed by atoms with Gasteiger partial charge in [-0.2, -0.15) is 5.10 Å². The van der Waals surface area contributed by atoms with Gasteiger partial charge in [-0.25, -0.2) is 9.67 Å². The zero-order valence-corrected chi connectivity index (χ0v) is 10.8. The molecule has 2 heterocycles. The number of nitrogens with two attached hydrogens (primary N) is 1. The molecule has 0 fully saturated rings. The summed E-state index contributed by atoms with van der Waals surface area (Å²) in [5.74, 6) is 0.440. The Bertz CT molecular complexity index is 724. The highest BCUT2D eigenvalue weighted by atomic mass is 16.3. The molecule has 20 heavy (non-hydrogen) atoms. The van der Waals surface area contributed by atoms with E-state index >= 15 is 0 Å². The van der Waals surface area contributed by atoms with Gasteiger partial charge in [0.15, 0.2) is 0 Å². The Hall–Kier alpha value is -2.60. The van der Waals surface area contributed by atoms with Crippen LogP contribution >= 0.6 is 0 Å². The summed E-state index contributed by atoms with van der Waals surface area (Å²) >= 11 is 0. The van der Waals surface area contributed by atoms with E-state index in [4.69, 9.17) is 10.8 Å². The topological polar surface area (TPSA) is 89.0 Å². The lowest BCUT2D eigenvalue weighted by molar-refractivity contribution is 0.311. The van der Waals surface area contributed by atoms with Gasteiger partial charge in [-0.05, 0) is 24.3 Å². The monoisotopic (exact) mass is 269 g/mol. The summed E-state index contributed by atoms with van der Waals surface area (Å²) in [5.41, 5.74) is 8.41. The van der Waals surface area contributed by atoms with Crippen LogP contribution in [0.5, 0.6) is 0 Å². The van der Waals surface area contributed by atoms with Crippen LogP contribution in [0.1, 0.15) is 0 Å². The van der Waals surface area contributed by atoms with E-state index in [2.05, 4.69) is 15.4 Å². The van der Waals surface area contributed by atoms with E-state index in [0.717, 1.165) is 22.3 Å². The van der Waals surface area contributed by atoms with Crippen molar-refractivity contribution < 1.29 is 5.11 Å². The minimum absolute atomic E-state index is 0.0646. The molecule has 0 unspecified atom stereocenters. The smallest absolute Gasteiger partial charge is 0.126 e. The fourth-order valence-electron chi connectivity index (χ4n) is 2.14. The summed E-state index contributed by atoms with van der Waals surface area (Å²) in [6.07, 6.45) is 3.60. The molecule has 3 rings (SSSR count). The Morgan fingerprint density at radius 3 is 2.95 bits per heavy atom. The molecule has 0 saturated carbocycles. The fraction of sp³-hybridized carbons (Fsp3) is 0.143. The molecule has 0 bridgehead atoms. The van der Waals surface area contributed by atoms with E-state index in [-0.39, 0.29) is 6.61 Å². The number of nitrogens with one attached hydrogen (secondary N) is 1. The van der Waals surface area contributed by atoms with Gasteiger partial charge in [0.25, 0.3) is 0 Å². The van der Waals surface area contributed by atoms with Crippen LogP contribution < -0.4 is 11.1 Å². The van der Waals surface area contributed by atoms with Crippen molar-refractivity contribution in [1.29, 1.82) is 0 Å². The van der Waals surface area contributed by atoms with Crippen LogP contribution in [0.25, 0.3) is 16.6 Å². The van der Waals surface area contributed by atoms with Gasteiger partial charge in [0.1, 0.15) is 5.82 Å². The van der Waals surface area contributed by atoms with Gasteiger partial charge in [-0.3, -0.25) is 0 Å². The summed E-state index contributed by atoms with van der Waals surface area (Å²) in [7, 11) is 0. The van der Waals surface area contributed by atoms with E-state index in [0.29, 0.717) is 12.4 Å². The lowest BCUT2D eigenvalue weighted by atomic mass is 10.1. The maximum absolute atomic E-state index is 8.92. The molecule has 0 aliphatic rings. The van der Waals surface area contributed by atoms with Gasteiger partial charge >= 0.3 is 0 Å². The standard InChI is InChI=1S/C14H15N5O/c15-14-9-12(16-5-7-20)11-3-2-10(8-13(11)18-14)19-6-1-4-17-19/h1-4,6,8-9,20H,5,7H2,(H3,15,16,18). The van der Waals surface area contributed by atoms with Crippen molar-refractivity contribution in [3.63, 3.8) is 0 Å². The Balaban J connectivity index is 2.10. The molecule has 102 valence electrons. The molecule has 6 heteroatoms. The average Bonchev–Trinajstić information content (AvgIpc) is 2.98. The summed E-state index contributed by atoms with van der Waals surface area (Å²) in [6.45, 7) is 0.536. The van der Waals surface area contributed by atoms with Crippen molar-refractivity contribution in [3.05, 3.63) is 42.7 Å². The van der Waals surface area contributed by atoms with Crippen LogP contribution in [0.15, 0.2) is 42.7 Å². The minimum Gasteiger partial charge on any atom is -0.395 e. The number of pyridine rings is 1. The molecular formula is C14H15N5O. The predicted octanol–water partition coefficient (Wildman–Crippen LogP) is 1.41. The highest BCUT2D eigenvalue weighted by Crippen LogP contribution is 2.26. The van der Waals surface area contributed by atoms with E-state index < -0.39 is 0 Å². The summed E-state index contributed by atoms with van der Waals surface area (Å²) in [5, 5.41) is 17.2. The normalized spacial score (nSPS) is 10.8. The molecule has 0 spiro atoms. The molecule has 0 saturated heterocycles. The van der Waals surface area contributed by atoms with Gasteiger partial charge < -0.3 is 16.2 Å². The molecule has 4 N–H and O–H groups in total. The van der Waals surface area contributed by atoms with E-state index in [1.165, 1.54) is 0 Å². The van der Waals surface area contributed by atoms with Crippen molar-refractivity contribution in [1.82, 2.24) is 14.8 Å². The summed E-state index contributed by atoms with van der Waals surface area (Å²) in [4.78, 5) is 4.35. The third-order valence-electron chi connectivity index (χ3n) is 3.01. The van der Waals surface area contributed by atoms with Gasteiger partial charge in [-0.15, -0.1) is 0 Å². The quantitative estimate of drug-likeness (QED) is 0.666. The molecule has 0 aliphatic heterocycles. The van der Waals surface area contributed by atoms with Crippen molar-refractivity contribution in [2.24, 2.45) is 0 Å². The van der Waals surface area contributed by atoms with Gasteiger partial charge in [-0.1, -0.05) is 0 Å². The SMILES string of the molecule is Nc1cc(NCCO)c2ccc(-n3cccn3)cc2n1. The summed E-state index contributed by atoms with van der Waals surface area (Å²) in [6, 6.07) is 9.51. The number of rotatable bonds is 4. The fourth-order valence-corrected chi connectivity index (χ4v) is 2.14. The largest absolute Gasteiger partial charge is 0.395 e. The number of aromatic nitrogens is 3. The number of hydrogen-bond acceptors (Lipinski definition) is 5. The van der Waals surface area contributed by atoms with Crippen molar-refractivity contribution >= 4 is 22.4 Å². The van der Waals surface area contributed by atoms with Gasteiger partial charge in [0, 0.05) is 36.1 Å². The van der Waals surface area contributed by atoms with Crippen LogP contribution in [-0.2, 0) is 0 Å². The average molecular weight is 269 g/mol. The van der Waals surface area contributed by atoms with Gasteiger partial charge in [0.05, 0.1) is 17.8 Å². The molecule has 3 aromatic rings. The Morgan fingerprint density at radius 1 is 1.30 bits per heavy atom. The molecule has 0 aliphatic carbocycles. The van der Waals surface area contributed by atoms with E-state index in [9.17, 15) is 0 Å². The number of aliphatic hydroxyl groups excluding tert-OH is 1. The van der Waals surface area contributed by atoms with E-state index in [1.54, 1.807) is 16.9 Å². The van der Waals surface area contributed by atoms with Crippen LogP contribution in [0.4, 0.5) is 11.5 Å². The number of nitrogen functional groups attached to an aromatic ring is 1. The molecular weight excluding hydrogens is 254 g/mol. The second-order valence-electron chi connectivity index (χ2n) is 4.40. The Kier molecular flexibility index (Phi) is 3.22. The number of fused-ring (bicyclic) bond motifs is 1. The highest BCUT2D eigenvalue weighted by molar-refractivity contribution is 5.93. The summed E-state index contributed by atoms with van der Waals surface area (Å²) < 4.78 is 1.77. The maximum atomic E-state index is 8.92. The zero-order chi connectivity index (χ0) is 13.9. The molecule has 0 amide bonds. The molecule has 1 aromatic carbocycles. The highest BCUT2D eigenvalue weighted by Gasteiger charge is 2.06. The number of benzene rings is 1. The Morgan fingerprint density at radius 2 is 2.20 bits per heavy atom. The molecule has 0 atom stereocenters. The Labute approximate surface area is 115 Å². The molecule has 0 radical (unpaired) electrons. The van der Waals surface area contributed by atoms with Crippen LogP contribution in [0.2, 0.25) is 0 Å². The number of aliphatic hydroxyl groups is 1. The van der Waals surface area contributed by atoms with Gasteiger partial charge in [0.2, 0.25) is 0 Å². The van der Waals surface area contributed by atoms with Crippen LogP contribution in [0.3, 0.4) is 0 Å². The number of hydrogen-bond donors (Lipinski definition) is 3. The maximum Gasteiger partial charge on any atom is 0.126 e. The second-order valence-corrected chi connectivity index (χ2v) is 4.40. The first kappa shape index (κ1) is 12.4. The first-order valence-corrected chi connectivity index (χ1v) is 6.33. The predicted molar refractivity (Wildman–Crippen MR) is 78.9 cm³/mol. The third-order valence-corrected chi connectivity index (χ3v) is 3.01. The van der Waals surface area contributed by atoms with Crippen LogP contribution in [-0.4, -0.2) is 33.0 Å². The second kappa shape index (κ2) is 5.18. The van der Waals surface area contributed by atoms with Crippen molar-refractivity contribution in [2.45, 2.75) is 0 Å². The van der Waals surface area contributed by atoms with E-state index in [1.807, 2.05) is 30.5 Å². The lowest BCUT2D eigenvalue weighted by Gasteiger charge is -2.10. The molecule has 2 aromatic heterocycles. The number of nitrogens with zero attached hydrogens (tertiary/aromatic N) is 3. The first-order valence-electron chi connectivity index (χ1n) is 6.33. The van der Waals surface area contributed by atoms with Crippen LogP contribution in [0, 0.1) is 0 Å². The van der Waals surface area contributed by atoms with Crippen molar-refractivity contribution in [3.8, 4) is 5.69 Å². The molecule has 6 nitrogen and oxygen atoms in total. The first-order chi connectivity index (χ1) is 9.78. The zero-order valence-electron chi connectivity index (χ0n) is 10.8. The third kappa shape index (κ3) is 2.28. The number of anilines is 2. The lowest BCUT2D eigenvalue weighted by Crippen LogP contribution is -2.07. The minimum atomic E-state index is 0.0646. The van der Waals surface area contributed by atoms with Crippen molar-refractivity contribution in [2.75, 3.05) is 24.2 Å².